The Bertz CT molecular complexity index is 372. The summed E-state index contributed by atoms with van der Waals surface area (Å²) in [5, 5.41) is 0.192. The second-order valence-electron chi connectivity index (χ2n) is 3.31. The summed E-state index contributed by atoms with van der Waals surface area (Å²) in [4.78, 5) is 12.0. The molecule has 0 saturated carbocycles. The van der Waals surface area contributed by atoms with Gasteiger partial charge in [-0.05, 0) is 30.4 Å². The van der Waals surface area contributed by atoms with Crippen LogP contribution in [0.5, 0.6) is 0 Å². The van der Waals surface area contributed by atoms with Crippen molar-refractivity contribution in [1.29, 1.82) is 0 Å². The van der Waals surface area contributed by atoms with Gasteiger partial charge in [-0.3, -0.25) is 4.79 Å². The lowest BCUT2D eigenvalue weighted by Gasteiger charge is -1.97. The summed E-state index contributed by atoms with van der Waals surface area (Å²) in [6, 6.07) is 8.43. The predicted molar refractivity (Wildman–Crippen MR) is 75.0 cm³/mol. The minimum absolute atomic E-state index is 0.192. The smallest absolute Gasteiger partial charge is 0.185 e. The van der Waals surface area contributed by atoms with E-state index in [0.717, 1.165) is 12.2 Å². The fourth-order valence-electron chi connectivity index (χ4n) is 1.24. The predicted octanol–water partition coefficient (Wildman–Crippen LogP) is 4.09. The quantitative estimate of drug-likeness (QED) is 0.580. The van der Waals surface area contributed by atoms with Crippen molar-refractivity contribution in [2.24, 2.45) is 0 Å². The van der Waals surface area contributed by atoms with E-state index in [0.29, 0.717) is 0 Å². The van der Waals surface area contributed by atoms with Gasteiger partial charge in [0.1, 0.15) is 0 Å². The normalized spacial score (nSPS) is 10.9. The average molecular weight is 252 g/mol. The first-order valence-corrected chi connectivity index (χ1v) is 7.37. The van der Waals surface area contributed by atoms with Crippen molar-refractivity contribution < 1.29 is 4.79 Å². The van der Waals surface area contributed by atoms with Gasteiger partial charge in [0, 0.05) is 17.6 Å². The number of carbonyl (C=O) groups excluding carboxylic acids is 1. The minimum atomic E-state index is 0.192. The van der Waals surface area contributed by atoms with E-state index in [-0.39, 0.29) is 5.12 Å². The molecule has 0 aromatic heterocycles. The minimum Gasteiger partial charge on any atom is -0.288 e. The first kappa shape index (κ1) is 13.4. The summed E-state index contributed by atoms with van der Waals surface area (Å²) in [7, 11) is 0. The molecule has 0 radical (unpaired) electrons. The number of carbonyl (C=O) groups is 1. The maximum Gasteiger partial charge on any atom is 0.185 e. The molecule has 0 N–H and O–H groups in total. The molecule has 0 amide bonds. The van der Waals surface area contributed by atoms with Crippen LogP contribution in [0.4, 0.5) is 0 Å². The molecule has 16 heavy (non-hydrogen) atoms. The van der Waals surface area contributed by atoms with E-state index in [2.05, 4.69) is 42.7 Å². The molecule has 0 aliphatic heterocycles. The second-order valence-corrected chi connectivity index (χ2v) is 5.46. The van der Waals surface area contributed by atoms with Crippen LogP contribution < -0.4 is 0 Å². The Labute approximate surface area is 106 Å². The van der Waals surface area contributed by atoms with E-state index in [1.807, 2.05) is 0 Å². The molecular formula is C13H16OS2. The lowest BCUT2D eigenvalue weighted by molar-refractivity contribution is -0.109. The van der Waals surface area contributed by atoms with Gasteiger partial charge >= 0.3 is 0 Å². The monoisotopic (exact) mass is 252 g/mol. The largest absolute Gasteiger partial charge is 0.288 e. The lowest BCUT2D eigenvalue weighted by atomic mass is 10.2. The van der Waals surface area contributed by atoms with Crippen molar-refractivity contribution in [2.75, 3.05) is 12.0 Å². The van der Waals surface area contributed by atoms with E-state index in [1.165, 1.54) is 22.2 Å². The fraction of sp³-hybridized carbons (Fsp3) is 0.308. The molecule has 86 valence electrons. The molecule has 3 heteroatoms. The molecule has 0 atom stereocenters. The molecule has 0 aliphatic carbocycles. The molecule has 0 bridgehead atoms. The van der Waals surface area contributed by atoms with Crippen LogP contribution in [-0.4, -0.2) is 17.1 Å². The van der Waals surface area contributed by atoms with Crippen LogP contribution in [0.2, 0.25) is 0 Å². The van der Waals surface area contributed by atoms with Crippen LogP contribution >= 0.6 is 23.5 Å². The van der Waals surface area contributed by atoms with Crippen molar-refractivity contribution >= 4 is 34.7 Å². The van der Waals surface area contributed by atoms with Crippen molar-refractivity contribution in [3.63, 3.8) is 0 Å². The topological polar surface area (TPSA) is 17.1 Å². The van der Waals surface area contributed by atoms with E-state index < -0.39 is 0 Å². The van der Waals surface area contributed by atoms with E-state index in [4.69, 9.17) is 0 Å². The maximum atomic E-state index is 10.7. The third kappa shape index (κ3) is 5.42. The van der Waals surface area contributed by atoms with Gasteiger partial charge in [0.25, 0.3) is 0 Å². The highest BCUT2D eigenvalue weighted by Crippen LogP contribution is 2.16. The first-order valence-electron chi connectivity index (χ1n) is 5.16. The van der Waals surface area contributed by atoms with Crippen molar-refractivity contribution in [2.45, 2.75) is 18.2 Å². The number of allylic oxidation sites excluding steroid dienone is 1. The molecule has 0 unspecified atom stereocenters. The summed E-state index contributed by atoms with van der Waals surface area (Å²) in [5.41, 5.74) is 1.22. The van der Waals surface area contributed by atoms with Crippen LogP contribution in [0, 0.1) is 0 Å². The lowest BCUT2D eigenvalue weighted by Crippen LogP contribution is -1.83. The van der Waals surface area contributed by atoms with Crippen molar-refractivity contribution in [3.05, 3.63) is 35.9 Å². The molecule has 0 fully saturated rings. The zero-order valence-corrected chi connectivity index (χ0v) is 11.2. The Morgan fingerprint density at radius 3 is 2.94 bits per heavy atom. The zero-order chi connectivity index (χ0) is 11.8. The molecule has 0 saturated heterocycles. The van der Waals surface area contributed by atoms with Crippen molar-refractivity contribution in [1.82, 2.24) is 0 Å². The third-order valence-corrected chi connectivity index (χ3v) is 3.57. The summed E-state index contributed by atoms with van der Waals surface area (Å²) >= 11 is 3.13. The SMILES string of the molecule is CSc1cccc(C=CCCSC(C)=O)c1. The Morgan fingerprint density at radius 2 is 2.25 bits per heavy atom. The molecule has 0 spiro atoms. The van der Waals surface area contributed by atoms with E-state index in [1.54, 1.807) is 18.7 Å². The Kier molecular flexibility index (Phi) is 6.34. The number of hydrogen-bond donors (Lipinski definition) is 0. The number of hydrogen-bond acceptors (Lipinski definition) is 3. The number of rotatable bonds is 5. The summed E-state index contributed by atoms with van der Waals surface area (Å²) in [6.45, 7) is 1.61. The third-order valence-electron chi connectivity index (χ3n) is 1.99. The highest BCUT2D eigenvalue weighted by atomic mass is 32.2. The first-order chi connectivity index (χ1) is 7.72. The second kappa shape index (κ2) is 7.58. The van der Waals surface area contributed by atoms with Gasteiger partial charge in [-0.25, -0.2) is 0 Å². The molecule has 0 aliphatic rings. The van der Waals surface area contributed by atoms with Crippen LogP contribution in [0.15, 0.2) is 35.2 Å². The van der Waals surface area contributed by atoms with Crippen LogP contribution in [0.1, 0.15) is 18.9 Å². The summed E-state index contributed by atoms with van der Waals surface area (Å²) < 4.78 is 0. The van der Waals surface area contributed by atoms with Gasteiger partial charge in [0.15, 0.2) is 5.12 Å². The molecule has 1 aromatic rings. The summed E-state index contributed by atoms with van der Waals surface area (Å²) in [6.07, 6.45) is 7.25. The Morgan fingerprint density at radius 1 is 1.44 bits per heavy atom. The van der Waals surface area contributed by atoms with Gasteiger partial charge in [0.05, 0.1) is 0 Å². The highest BCUT2D eigenvalue weighted by Gasteiger charge is 1.92. The maximum absolute atomic E-state index is 10.7. The van der Waals surface area contributed by atoms with Crippen LogP contribution in [0.3, 0.4) is 0 Å². The Balaban J connectivity index is 2.40. The van der Waals surface area contributed by atoms with Crippen LogP contribution in [0.25, 0.3) is 6.08 Å². The fourth-order valence-corrected chi connectivity index (χ4v) is 2.25. The molecule has 1 rings (SSSR count). The number of thioether (sulfide) groups is 2. The van der Waals surface area contributed by atoms with Gasteiger partial charge in [0.2, 0.25) is 0 Å². The van der Waals surface area contributed by atoms with E-state index in [9.17, 15) is 4.79 Å². The molecule has 0 heterocycles. The average Bonchev–Trinajstić information content (AvgIpc) is 2.28. The van der Waals surface area contributed by atoms with Gasteiger partial charge < -0.3 is 0 Å². The molecule has 1 nitrogen and oxygen atoms in total. The van der Waals surface area contributed by atoms with Crippen LogP contribution in [-0.2, 0) is 4.79 Å². The zero-order valence-electron chi connectivity index (χ0n) is 9.60. The summed E-state index contributed by atoms with van der Waals surface area (Å²) in [5.74, 6) is 0.869. The van der Waals surface area contributed by atoms with Gasteiger partial charge in [-0.1, -0.05) is 36.0 Å². The van der Waals surface area contributed by atoms with E-state index >= 15 is 0 Å². The Hall–Kier alpha value is -0.670. The standard InChI is InChI=1S/C13H16OS2/c1-11(14)16-9-4-3-6-12-7-5-8-13(10-12)15-2/h3,5-8,10H,4,9H2,1-2H3. The molecule has 1 aromatic carbocycles. The highest BCUT2D eigenvalue weighted by molar-refractivity contribution is 8.13. The van der Waals surface area contributed by atoms with Crippen molar-refractivity contribution in [3.8, 4) is 0 Å². The van der Waals surface area contributed by atoms with Gasteiger partial charge in [-0.2, -0.15) is 0 Å². The number of benzene rings is 1. The molecular weight excluding hydrogens is 236 g/mol. The van der Waals surface area contributed by atoms with Gasteiger partial charge in [-0.15, -0.1) is 11.8 Å².